The first-order chi connectivity index (χ1) is 9.65. The van der Waals surface area contributed by atoms with Gasteiger partial charge in [-0.1, -0.05) is 23.7 Å². The molecular weight excluding hydrogens is 274 g/mol. The summed E-state index contributed by atoms with van der Waals surface area (Å²) in [7, 11) is 0. The van der Waals surface area contributed by atoms with Gasteiger partial charge in [-0.3, -0.25) is 9.69 Å². The summed E-state index contributed by atoms with van der Waals surface area (Å²) in [5, 5.41) is 6.91. The van der Waals surface area contributed by atoms with Crippen LogP contribution in [0, 0.1) is 11.8 Å². The number of fused-ring (bicyclic) bond motifs is 1. The maximum atomic E-state index is 12.2. The Morgan fingerprint density at radius 2 is 2.25 bits per heavy atom. The third-order valence-corrected chi connectivity index (χ3v) is 4.88. The van der Waals surface area contributed by atoms with E-state index in [0.29, 0.717) is 35.1 Å². The van der Waals surface area contributed by atoms with Crippen molar-refractivity contribution < 1.29 is 4.79 Å². The number of nitrogens with one attached hydrogen (secondary N) is 2. The summed E-state index contributed by atoms with van der Waals surface area (Å²) in [6, 6.07) is 7.80. The smallest absolute Gasteiger partial charge is 0.238 e. The molecule has 2 fully saturated rings. The zero-order valence-corrected chi connectivity index (χ0v) is 12.4. The first kappa shape index (κ1) is 13.9. The van der Waals surface area contributed by atoms with Crippen LogP contribution < -0.4 is 10.6 Å². The highest BCUT2D eigenvalue weighted by Gasteiger charge is 2.42. The van der Waals surface area contributed by atoms with Crippen LogP contribution in [-0.4, -0.2) is 43.0 Å². The van der Waals surface area contributed by atoms with Crippen LogP contribution in [0.15, 0.2) is 24.3 Å². The van der Waals surface area contributed by atoms with Crippen molar-refractivity contribution in [2.24, 2.45) is 11.8 Å². The molecule has 3 unspecified atom stereocenters. The number of halogens is 1. The quantitative estimate of drug-likeness (QED) is 0.893. The van der Waals surface area contributed by atoms with E-state index in [1.54, 1.807) is 6.07 Å². The number of hydrogen-bond donors (Lipinski definition) is 2. The molecule has 1 aromatic carbocycles. The second-order valence-electron chi connectivity index (χ2n) is 5.78. The lowest BCUT2D eigenvalue weighted by Crippen LogP contribution is -2.38. The largest absolute Gasteiger partial charge is 0.324 e. The molecule has 0 aliphatic carbocycles. The zero-order valence-electron chi connectivity index (χ0n) is 11.6. The number of para-hydroxylation sites is 1. The number of hydrogen-bond acceptors (Lipinski definition) is 3. The van der Waals surface area contributed by atoms with E-state index in [1.807, 2.05) is 18.2 Å². The number of anilines is 1. The fraction of sp³-hybridized carbons (Fsp3) is 0.533. The maximum absolute atomic E-state index is 12.2. The zero-order chi connectivity index (χ0) is 14.1. The van der Waals surface area contributed by atoms with Crippen molar-refractivity contribution in [2.45, 2.75) is 13.0 Å². The molecule has 2 saturated heterocycles. The van der Waals surface area contributed by atoms with Gasteiger partial charge in [-0.05, 0) is 44.0 Å². The van der Waals surface area contributed by atoms with E-state index in [0.717, 1.165) is 19.6 Å². The van der Waals surface area contributed by atoms with Crippen LogP contribution in [0.1, 0.15) is 6.92 Å². The highest BCUT2D eigenvalue weighted by molar-refractivity contribution is 6.33. The normalized spacial score (nSPS) is 29.4. The van der Waals surface area contributed by atoms with Crippen molar-refractivity contribution in [1.29, 1.82) is 0 Å². The van der Waals surface area contributed by atoms with Gasteiger partial charge in [-0.15, -0.1) is 0 Å². The van der Waals surface area contributed by atoms with Crippen LogP contribution in [0.3, 0.4) is 0 Å². The van der Waals surface area contributed by atoms with E-state index in [4.69, 9.17) is 11.6 Å². The van der Waals surface area contributed by atoms with E-state index in [1.165, 1.54) is 0 Å². The number of amides is 1. The third-order valence-electron chi connectivity index (χ3n) is 4.55. The molecule has 3 rings (SSSR count). The topological polar surface area (TPSA) is 44.4 Å². The second-order valence-corrected chi connectivity index (χ2v) is 6.19. The number of likely N-dealkylation sites (tertiary alicyclic amines) is 1. The molecule has 108 valence electrons. The molecule has 4 nitrogen and oxygen atoms in total. The number of carbonyl (C=O) groups excluding carboxylic acids is 1. The molecule has 1 amide bonds. The first-order valence-corrected chi connectivity index (χ1v) is 7.52. The molecule has 20 heavy (non-hydrogen) atoms. The van der Waals surface area contributed by atoms with Crippen LogP contribution in [0.5, 0.6) is 0 Å². The van der Waals surface area contributed by atoms with Gasteiger partial charge in [0.2, 0.25) is 5.91 Å². The molecule has 0 aromatic heterocycles. The van der Waals surface area contributed by atoms with E-state index in [2.05, 4.69) is 22.5 Å². The lowest BCUT2D eigenvalue weighted by Gasteiger charge is -2.23. The molecule has 0 spiro atoms. The molecule has 2 aliphatic heterocycles. The Labute approximate surface area is 124 Å². The molecule has 0 saturated carbocycles. The monoisotopic (exact) mass is 293 g/mol. The molecule has 2 heterocycles. The van der Waals surface area contributed by atoms with Crippen molar-refractivity contribution in [3.05, 3.63) is 29.3 Å². The van der Waals surface area contributed by atoms with Gasteiger partial charge in [-0.2, -0.15) is 0 Å². The first-order valence-electron chi connectivity index (χ1n) is 7.14. The van der Waals surface area contributed by atoms with E-state index in [9.17, 15) is 4.79 Å². The summed E-state index contributed by atoms with van der Waals surface area (Å²) < 4.78 is 0. The van der Waals surface area contributed by atoms with Crippen LogP contribution in [0.4, 0.5) is 5.69 Å². The molecule has 1 aromatic rings. The van der Waals surface area contributed by atoms with Crippen LogP contribution in [0.25, 0.3) is 0 Å². The minimum Gasteiger partial charge on any atom is -0.324 e. The van der Waals surface area contributed by atoms with E-state index in [-0.39, 0.29) is 5.91 Å². The number of benzene rings is 1. The van der Waals surface area contributed by atoms with Crippen molar-refractivity contribution in [3.8, 4) is 0 Å². The van der Waals surface area contributed by atoms with Crippen molar-refractivity contribution in [3.63, 3.8) is 0 Å². The van der Waals surface area contributed by atoms with Gasteiger partial charge in [0.15, 0.2) is 0 Å². The molecule has 2 N–H and O–H groups in total. The Kier molecular flexibility index (Phi) is 3.96. The summed E-state index contributed by atoms with van der Waals surface area (Å²) >= 11 is 6.05. The van der Waals surface area contributed by atoms with Gasteiger partial charge in [0.25, 0.3) is 0 Å². The fourth-order valence-electron chi connectivity index (χ4n) is 3.40. The summed E-state index contributed by atoms with van der Waals surface area (Å²) in [4.78, 5) is 14.4. The predicted molar refractivity (Wildman–Crippen MR) is 81.0 cm³/mol. The molecule has 0 bridgehead atoms. The van der Waals surface area contributed by atoms with Gasteiger partial charge in [-0.25, -0.2) is 0 Å². The molecule has 2 aliphatic rings. The van der Waals surface area contributed by atoms with Gasteiger partial charge >= 0.3 is 0 Å². The Balaban J connectivity index is 1.59. The minimum absolute atomic E-state index is 0.0119. The van der Waals surface area contributed by atoms with E-state index < -0.39 is 0 Å². The fourth-order valence-corrected chi connectivity index (χ4v) is 3.58. The average Bonchev–Trinajstić information content (AvgIpc) is 2.97. The number of carbonyl (C=O) groups is 1. The summed E-state index contributed by atoms with van der Waals surface area (Å²) in [5.41, 5.74) is 0.688. The third kappa shape index (κ3) is 2.68. The summed E-state index contributed by atoms with van der Waals surface area (Å²) in [5.74, 6) is 1.39. The molecule has 5 heteroatoms. The van der Waals surface area contributed by atoms with Crippen molar-refractivity contribution >= 4 is 23.2 Å². The number of rotatable bonds is 3. The summed E-state index contributed by atoms with van der Waals surface area (Å²) in [6.45, 7) is 5.83. The Morgan fingerprint density at radius 1 is 1.45 bits per heavy atom. The lowest BCUT2D eigenvalue weighted by molar-refractivity contribution is -0.117. The Morgan fingerprint density at radius 3 is 3.00 bits per heavy atom. The Bertz CT molecular complexity index is 508. The van der Waals surface area contributed by atoms with Gasteiger partial charge in [0.05, 0.1) is 17.3 Å². The maximum Gasteiger partial charge on any atom is 0.238 e. The lowest BCUT2D eigenvalue weighted by atomic mass is 9.95. The molecule has 3 atom stereocenters. The van der Waals surface area contributed by atoms with Gasteiger partial charge in [0.1, 0.15) is 0 Å². The van der Waals surface area contributed by atoms with Crippen molar-refractivity contribution in [1.82, 2.24) is 10.2 Å². The molecule has 0 radical (unpaired) electrons. The SMILES string of the molecule is CC1C2CNCC2CN1CC(=O)Nc1ccccc1Cl. The predicted octanol–water partition coefficient (Wildman–Crippen LogP) is 1.82. The number of nitrogens with zero attached hydrogens (tertiary/aromatic N) is 1. The Hall–Kier alpha value is -1.10. The standard InChI is InChI=1S/C15H20ClN3O/c1-10-12-7-17-6-11(12)8-19(10)9-15(20)18-14-5-3-2-4-13(14)16/h2-5,10-12,17H,6-9H2,1H3,(H,18,20). The second kappa shape index (κ2) is 5.72. The van der Waals surface area contributed by atoms with Gasteiger partial charge in [0, 0.05) is 12.6 Å². The highest BCUT2D eigenvalue weighted by Crippen LogP contribution is 2.32. The van der Waals surface area contributed by atoms with E-state index >= 15 is 0 Å². The summed E-state index contributed by atoms with van der Waals surface area (Å²) in [6.07, 6.45) is 0. The van der Waals surface area contributed by atoms with Crippen LogP contribution in [-0.2, 0) is 4.79 Å². The van der Waals surface area contributed by atoms with Crippen LogP contribution in [0.2, 0.25) is 5.02 Å². The molecular formula is C15H20ClN3O. The average molecular weight is 294 g/mol. The van der Waals surface area contributed by atoms with Gasteiger partial charge < -0.3 is 10.6 Å². The highest BCUT2D eigenvalue weighted by atomic mass is 35.5. The van der Waals surface area contributed by atoms with Crippen LogP contribution >= 0.6 is 11.6 Å². The minimum atomic E-state index is 0.0119. The van der Waals surface area contributed by atoms with Crippen molar-refractivity contribution in [2.75, 3.05) is 31.5 Å².